The Bertz CT molecular complexity index is 293. The van der Waals surface area contributed by atoms with Gasteiger partial charge in [0.2, 0.25) is 0 Å². The summed E-state index contributed by atoms with van der Waals surface area (Å²) in [5.41, 5.74) is 7.28. The van der Waals surface area contributed by atoms with Crippen molar-refractivity contribution in [2.75, 3.05) is 12.4 Å². The minimum absolute atomic E-state index is 0.395. The second kappa shape index (κ2) is 3.71. The Balaban J connectivity index is 2.82. The van der Waals surface area contributed by atoms with Crippen LogP contribution in [0.3, 0.4) is 0 Å². The molecule has 0 aliphatic heterocycles. The Morgan fingerprint density at radius 1 is 1.67 bits per heavy atom. The van der Waals surface area contributed by atoms with Crippen LogP contribution in [-0.4, -0.2) is 18.0 Å². The van der Waals surface area contributed by atoms with Crippen molar-refractivity contribution in [1.29, 1.82) is 0 Å². The SMILES string of the molecule is CN=C(N)Nc1cccnc1C. The maximum Gasteiger partial charge on any atom is 0.192 e. The van der Waals surface area contributed by atoms with E-state index in [9.17, 15) is 0 Å². The van der Waals surface area contributed by atoms with Gasteiger partial charge in [-0.05, 0) is 19.1 Å². The van der Waals surface area contributed by atoms with Gasteiger partial charge in [-0.3, -0.25) is 9.98 Å². The van der Waals surface area contributed by atoms with Crippen LogP contribution in [0.2, 0.25) is 0 Å². The molecular weight excluding hydrogens is 152 g/mol. The largest absolute Gasteiger partial charge is 0.370 e. The Morgan fingerprint density at radius 2 is 2.42 bits per heavy atom. The van der Waals surface area contributed by atoms with Gasteiger partial charge in [-0.1, -0.05) is 0 Å². The molecule has 3 N–H and O–H groups in total. The molecule has 0 fully saturated rings. The number of aliphatic imine (C=N–C) groups is 1. The summed E-state index contributed by atoms with van der Waals surface area (Å²) in [5.74, 6) is 0.395. The zero-order valence-corrected chi connectivity index (χ0v) is 7.20. The van der Waals surface area contributed by atoms with Crippen LogP contribution in [0.5, 0.6) is 0 Å². The number of pyridine rings is 1. The molecule has 1 aromatic rings. The summed E-state index contributed by atoms with van der Waals surface area (Å²) < 4.78 is 0. The molecule has 1 aromatic heterocycles. The van der Waals surface area contributed by atoms with E-state index in [-0.39, 0.29) is 0 Å². The van der Waals surface area contributed by atoms with Gasteiger partial charge in [0.25, 0.3) is 0 Å². The van der Waals surface area contributed by atoms with Gasteiger partial charge < -0.3 is 11.1 Å². The van der Waals surface area contributed by atoms with Crippen molar-refractivity contribution in [3.63, 3.8) is 0 Å². The van der Waals surface area contributed by atoms with E-state index in [1.54, 1.807) is 13.2 Å². The second-order valence-electron chi connectivity index (χ2n) is 2.37. The summed E-state index contributed by atoms with van der Waals surface area (Å²) in [7, 11) is 1.63. The maximum atomic E-state index is 5.48. The van der Waals surface area contributed by atoms with Crippen LogP contribution in [-0.2, 0) is 0 Å². The molecule has 0 saturated heterocycles. The molecule has 1 rings (SSSR count). The van der Waals surface area contributed by atoms with Crippen LogP contribution in [0, 0.1) is 6.92 Å². The highest BCUT2D eigenvalue weighted by Crippen LogP contribution is 2.08. The number of hydrogen-bond acceptors (Lipinski definition) is 2. The van der Waals surface area contributed by atoms with Crippen LogP contribution in [0.15, 0.2) is 23.3 Å². The Hall–Kier alpha value is -1.58. The minimum Gasteiger partial charge on any atom is -0.370 e. The lowest BCUT2D eigenvalue weighted by Crippen LogP contribution is -2.22. The van der Waals surface area contributed by atoms with E-state index in [1.807, 2.05) is 19.1 Å². The van der Waals surface area contributed by atoms with Crippen molar-refractivity contribution in [2.24, 2.45) is 10.7 Å². The molecule has 0 bridgehead atoms. The van der Waals surface area contributed by atoms with Crippen molar-refractivity contribution in [3.8, 4) is 0 Å². The highest BCUT2D eigenvalue weighted by molar-refractivity contribution is 5.92. The number of nitrogens with one attached hydrogen (secondary N) is 1. The first kappa shape index (κ1) is 8.52. The zero-order chi connectivity index (χ0) is 8.97. The van der Waals surface area contributed by atoms with E-state index in [2.05, 4.69) is 15.3 Å². The number of aryl methyl sites for hydroxylation is 1. The zero-order valence-electron chi connectivity index (χ0n) is 7.20. The maximum absolute atomic E-state index is 5.48. The first-order valence-electron chi connectivity index (χ1n) is 3.65. The van der Waals surface area contributed by atoms with E-state index in [4.69, 9.17) is 5.73 Å². The fourth-order valence-electron chi connectivity index (χ4n) is 0.810. The Morgan fingerprint density at radius 3 is 3.00 bits per heavy atom. The van der Waals surface area contributed by atoms with E-state index in [0.29, 0.717) is 5.96 Å². The van der Waals surface area contributed by atoms with Crippen molar-refractivity contribution in [1.82, 2.24) is 4.98 Å². The molecule has 0 spiro atoms. The molecule has 64 valence electrons. The highest BCUT2D eigenvalue weighted by atomic mass is 15.1. The normalized spacial score (nSPS) is 11.3. The summed E-state index contributed by atoms with van der Waals surface area (Å²) in [4.78, 5) is 7.87. The quantitative estimate of drug-likeness (QED) is 0.475. The molecule has 12 heavy (non-hydrogen) atoms. The third-order valence-electron chi connectivity index (χ3n) is 1.51. The van der Waals surface area contributed by atoms with E-state index in [1.165, 1.54) is 0 Å². The monoisotopic (exact) mass is 164 g/mol. The number of rotatable bonds is 1. The van der Waals surface area contributed by atoms with Gasteiger partial charge in [0.15, 0.2) is 5.96 Å². The van der Waals surface area contributed by atoms with Gasteiger partial charge in [-0.15, -0.1) is 0 Å². The lowest BCUT2D eigenvalue weighted by atomic mass is 10.3. The Kier molecular flexibility index (Phi) is 2.63. The number of guanidine groups is 1. The van der Waals surface area contributed by atoms with E-state index < -0.39 is 0 Å². The molecule has 4 nitrogen and oxygen atoms in total. The number of nitrogens with zero attached hydrogens (tertiary/aromatic N) is 2. The fourth-order valence-corrected chi connectivity index (χ4v) is 0.810. The van der Waals surface area contributed by atoms with Crippen LogP contribution >= 0.6 is 0 Å². The van der Waals surface area contributed by atoms with Crippen LogP contribution in [0.1, 0.15) is 5.69 Å². The van der Waals surface area contributed by atoms with Gasteiger partial charge in [0.05, 0.1) is 11.4 Å². The molecule has 0 amide bonds. The number of hydrogen-bond donors (Lipinski definition) is 2. The molecule has 0 unspecified atom stereocenters. The average Bonchev–Trinajstić information content (AvgIpc) is 2.09. The summed E-state index contributed by atoms with van der Waals surface area (Å²) >= 11 is 0. The molecule has 0 aliphatic carbocycles. The lowest BCUT2D eigenvalue weighted by Gasteiger charge is -2.05. The summed E-state index contributed by atoms with van der Waals surface area (Å²) in [6.07, 6.45) is 1.74. The summed E-state index contributed by atoms with van der Waals surface area (Å²) in [6.45, 7) is 1.91. The number of aromatic nitrogens is 1. The highest BCUT2D eigenvalue weighted by Gasteiger charge is 1.97. The summed E-state index contributed by atoms with van der Waals surface area (Å²) in [5, 5.41) is 2.93. The standard InChI is InChI=1S/C8H12N4/c1-6-7(4-3-5-11-6)12-8(9)10-2/h3-5H,1-2H3,(H3,9,10,12). The van der Waals surface area contributed by atoms with Crippen molar-refractivity contribution in [3.05, 3.63) is 24.0 Å². The van der Waals surface area contributed by atoms with E-state index >= 15 is 0 Å². The molecule has 0 aromatic carbocycles. The predicted molar refractivity (Wildman–Crippen MR) is 50.1 cm³/mol. The summed E-state index contributed by atoms with van der Waals surface area (Å²) in [6, 6.07) is 3.75. The topological polar surface area (TPSA) is 63.3 Å². The third kappa shape index (κ3) is 1.95. The molecule has 0 atom stereocenters. The van der Waals surface area contributed by atoms with Gasteiger partial charge >= 0.3 is 0 Å². The molecule has 0 saturated carbocycles. The average molecular weight is 164 g/mol. The van der Waals surface area contributed by atoms with Gasteiger partial charge in [0.1, 0.15) is 0 Å². The molecule has 4 heteroatoms. The van der Waals surface area contributed by atoms with Crippen LogP contribution < -0.4 is 11.1 Å². The molecule has 1 heterocycles. The second-order valence-corrected chi connectivity index (χ2v) is 2.37. The van der Waals surface area contributed by atoms with Gasteiger partial charge in [-0.25, -0.2) is 0 Å². The fraction of sp³-hybridized carbons (Fsp3) is 0.250. The van der Waals surface area contributed by atoms with Crippen molar-refractivity contribution < 1.29 is 0 Å². The van der Waals surface area contributed by atoms with Crippen molar-refractivity contribution in [2.45, 2.75) is 6.92 Å². The number of nitrogens with two attached hydrogens (primary N) is 1. The first-order chi connectivity index (χ1) is 5.74. The lowest BCUT2D eigenvalue weighted by molar-refractivity contribution is 1.20. The van der Waals surface area contributed by atoms with Crippen LogP contribution in [0.4, 0.5) is 5.69 Å². The first-order valence-corrected chi connectivity index (χ1v) is 3.65. The van der Waals surface area contributed by atoms with Gasteiger partial charge in [0, 0.05) is 13.2 Å². The van der Waals surface area contributed by atoms with E-state index in [0.717, 1.165) is 11.4 Å². The number of anilines is 1. The smallest absolute Gasteiger partial charge is 0.192 e. The molecule has 0 radical (unpaired) electrons. The van der Waals surface area contributed by atoms with Crippen molar-refractivity contribution >= 4 is 11.6 Å². The predicted octanol–water partition coefficient (Wildman–Crippen LogP) is 0.746. The van der Waals surface area contributed by atoms with Crippen LogP contribution in [0.25, 0.3) is 0 Å². The minimum atomic E-state index is 0.395. The third-order valence-corrected chi connectivity index (χ3v) is 1.51. The van der Waals surface area contributed by atoms with Gasteiger partial charge in [-0.2, -0.15) is 0 Å². The molecule has 0 aliphatic rings. The molecular formula is C8H12N4. The Labute approximate surface area is 71.5 Å².